The number of hydrogen-bond acceptors (Lipinski definition) is 4. The number of nitrogens with one attached hydrogen (secondary N) is 2. The van der Waals surface area contributed by atoms with Gasteiger partial charge in [0, 0.05) is 12.5 Å². The van der Waals surface area contributed by atoms with Crippen LogP contribution < -0.4 is 5.32 Å². The summed E-state index contributed by atoms with van der Waals surface area (Å²) in [7, 11) is 0. The number of aromatic amines is 1. The number of H-pyrrole nitrogens is 1. The molecular formula is C14H17N5. The van der Waals surface area contributed by atoms with Crippen molar-refractivity contribution in [1.29, 1.82) is 5.26 Å². The summed E-state index contributed by atoms with van der Waals surface area (Å²) in [6.07, 6.45) is 3.41. The highest BCUT2D eigenvalue weighted by Crippen LogP contribution is 2.13. The average Bonchev–Trinajstić information content (AvgIpc) is 2.96. The smallest absolute Gasteiger partial charge is 0.137 e. The summed E-state index contributed by atoms with van der Waals surface area (Å²) in [5.74, 6) is 0.918. The first-order valence-corrected chi connectivity index (χ1v) is 6.37. The van der Waals surface area contributed by atoms with Crippen molar-refractivity contribution in [2.75, 3.05) is 6.54 Å². The van der Waals surface area contributed by atoms with Gasteiger partial charge >= 0.3 is 0 Å². The van der Waals surface area contributed by atoms with Crippen molar-refractivity contribution in [2.45, 2.75) is 25.8 Å². The Kier molecular flexibility index (Phi) is 4.65. The lowest BCUT2D eigenvalue weighted by Gasteiger charge is -2.14. The van der Waals surface area contributed by atoms with Crippen LogP contribution in [0.3, 0.4) is 0 Å². The van der Waals surface area contributed by atoms with E-state index in [0.717, 1.165) is 30.8 Å². The zero-order chi connectivity index (χ0) is 13.5. The maximum atomic E-state index is 8.88. The summed E-state index contributed by atoms with van der Waals surface area (Å²) in [6.45, 7) is 3.00. The lowest BCUT2D eigenvalue weighted by atomic mass is 10.1. The minimum Gasteiger partial charge on any atom is -0.310 e. The summed E-state index contributed by atoms with van der Waals surface area (Å²) in [6, 6.07) is 10.1. The van der Waals surface area contributed by atoms with Gasteiger partial charge in [-0.05, 0) is 37.6 Å². The largest absolute Gasteiger partial charge is 0.310 e. The first-order chi connectivity index (χ1) is 9.29. The van der Waals surface area contributed by atoms with E-state index in [0.29, 0.717) is 5.56 Å². The zero-order valence-electron chi connectivity index (χ0n) is 10.9. The van der Waals surface area contributed by atoms with Crippen molar-refractivity contribution >= 4 is 0 Å². The molecule has 0 saturated heterocycles. The van der Waals surface area contributed by atoms with Gasteiger partial charge in [-0.25, -0.2) is 4.98 Å². The molecule has 1 aromatic heterocycles. The molecule has 2 rings (SSSR count). The van der Waals surface area contributed by atoms with E-state index in [2.05, 4.69) is 33.5 Å². The lowest BCUT2D eigenvalue weighted by Crippen LogP contribution is -2.20. The molecule has 0 radical (unpaired) electrons. The van der Waals surface area contributed by atoms with Crippen LogP contribution in [0.4, 0.5) is 0 Å². The van der Waals surface area contributed by atoms with Crippen molar-refractivity contribution in [3.05, 3.63) is 47.5 Å². The molecule has 1 atom stereocenters. The second-order valence-corrected chi connectivity index (χ2v) is 4.45. The van der Waals surface area contributed by atoms with E-state index < -0.39 is 0 Å². The van der Waals surface area contributed by atoms with Crippen molar-refractivity contribution in [3.63, 3.8) is 0 Å². The van der Waals surface area contributed by atoms with Gasteiger partial charge in [-0.15, -0.1) is 0 Å². The molecule has 0 spiro atoms. The first-order valence-electron chi connectivity index (χ1n) is 6.37. The Balaban J connectivity index is 1.77. The van der Waals surface area contributed by atoms with Gasteiger partial charge in [0.15, 0.2) is 0 Å². The Bertz CT molecular complexity index is 541. The lowest BCUT2D eigenvalue weighted by molar-refractivity contribution is 0.554. The van der Waals surface area contributed by atoms with E-state index in [1.807, 2.05) is 24.3 Å². The number of nitriles is 1. The summed E-state index contributed by atoms with van der Waals surface area (Å²) in [4.78, 5) is 4.08. The normalized spacial score (nSPS) is 12.0. The van der Waals surface area contributed by atoms with Crippen LogP contribution in [-0.2, 0) is 6.42 Å². The molecule has 1 aromatic carbocycles. The second kappa shape index (κ2) is 6.66. The highest BCUT2D eigenvalue weighted by atomic mass is 15.2. The number of aryl methyl sites for hydroxylation is 1. The standard InChI is InChI=1S/C14H17N5/c1-11(13-5-2-4-12(8-13)9-15)16-7-3-6-14-17-10-18-19-14/h2,4-5,8,10-11,16H,3,6-7H2,1H3,(H,17,18,19). The Morgan fingerprint density at radius 2 is 2.37 bits per heavy atom. The van der Waals surface area contributed by atoms with Gasteiger partial charge < -0.3 is 5.32 Å². The van der Waals surface area contributed by atoms with E-state index >= 15 is 0 Å². The molecule has 2 N–H and O–H groups in total. The van der Waals surface area contributed by atoms with Gasteiger partial charge in [0.05, 0.1) is 11.6 Å². The third-order valence-corrected chi connectivity index (χ3v) is 3.02. The Morgan fingerprint density at radius 1 is 1.47 bits per heavy atom. The molecule has 0 bridgehead atoms. The fraction of sp³-hybridized carbons (Fsp3) is 0.357. The van der Waals surface area contributed by atoms with Crippen LogP contribution in [0.15, 0.2) is 30.6 Å². The van der Waals surface area contributed by atoms with E-state index in [1.165, 1.54) is 6.33 Å². The Labute approximate surface area is 112 Å². The molecule has 1 unspecified atom stereocenters. The molecular weight excluding hydrogens is 238 g/mol. The molecule has 0 fully saturated rings. The van der Waals surface area contributed by atoms with Gasteiger partial charge in [0.1, 0.15) is 12.2 Å². The van der Waals surface area contributed by atoms with Crippen LogP contribution in [0.5, 0.6) is 0 Å². The van der Waals surface area contributed by atoms with Crippen molar-refractivity contribution in [1.82, 2.24) is 20.5 Å². The molecule has 0 amide bonds. The predicted octanol–water partition coefficient (Wildman–Crippen LogP) is 1.96. The third kappa shape index (κ3) is 3.90. The summed E-state index contributed by atoms with van der Waals surface area (Å²) < 4.78 is 0. The molecule has 0 aliphatic carbocycles. The number of nitrogens with zero attached hydrogens (tertiary/aromatic N) is 3. The highest BCUT2D eigenvalue weighted by molar-refractivity contribution is 5.33. The van der Waals surface area contributed by atoms with E-state index in [1.54, 1.807) is 0 Å². The van der Waals surface area contributed by atoms with Crippen LogP contribution in [-0.4, -0.2) is 21.7 Å². The molecule has 2 aromatic rings. The average molecular weight is 255 g/mol. The number of rotatable bonds is 6. The third-order valence-electron chi connectivity index (χ3n) is 3.02. The minimum absolute atomic E-state index is 0.239. The van der Waals surface area contributed by atoms with E-state index in [4.69, 9.17) is 5.26 Å². The monoisotopic (exact) mass is 255 g/mol. The van der Waals surface area contributed by atoms with Crippen molar-refractivity contribution in [2.24, 2.45) is 0 Å². The Morgan fingerprint density at radius 3 is 3.11 bits per heavy atom. The van der Waals surface area contributed by atoms with Crippen molar-refractivity contribution < 1.29 is 0 Å². The van der Waals surface area contributed by atoms with Gasteiger partial charge in [-0.1, -0.05) is 12.1 Å². The summed E-state index contributed by atoms with van der Waals surface area (Å²) in [5.41, 5.74) is 1.84. The number of aromatic nitrogens is 3. The van der Waals surface area contributed by atoms with Gasteiger partial charge in [0.2, 0.25) is 0 Å². The van der Waals surface area contributed by atoms with E-state index in [9.17, 15) is 0 Å². The van der Waals surface area contributed by atoms with Crippen LogP contribution in [0.1, 0.15) is 36.3 Å². The minimum atomic E-state index is 0.239. The summed E-state index contributed by atoms with van der Waals surface area (Å²) in [5, 5.41) is 19.0. The highest BCUT2D eigenvalue weighted by Gasteiger charge is 2.05. The molecule has 5 heteroatoms. The maximum Gasteiger partial charge on any atom is 0.137 e. The van der Waals surface area contributed by atoms with E-state index in [-0.39, 0.29) is 6.04 Å². The zero-order valence-corrected chi connectivity index (χ0v) is 10.9. The maximum absolute atomic E-state index is 8.88. The predicted molar refractivity (Wildman–Crippen MR) is 72.3 cm³/mol. The van der Waals surface area contributed by atoms with Crippen LogP contribution in [0.25, 0.3) is 0 Å². The molecule has 19 heavy (non-hydrogen) atoms. The fourth-order valence-corrected chi connectivity index (χ4v) is 1.92. The number of benzene rings is 1. The topological polar surface area (TPSA) is 77.4 Å². The van der Waals surface area contributed by atoms with Crippen LogP contribution >= 0.6 is 0 Å². The van der Waals surface area contributed by atoms with Gasteiger partial charge in [0.25, 0.3) is 0 Å². The number of hydrogen-bond donors (Lipinski definition) is 2. The molecule has 0 saturated carbocycles. The van der Waals surface area contributed by atoms with Crippen LogP contribution in [0.2, 0.25) is 0 Å². The van der Waals surface area contributed by atoms with Crippen LogP contribution in [0, 0.1) is 11.3 Å². The molecule has 0 aliphatic heterocycles. The molecule has 1 heterocycles. The fourth-order valence-electron chi connectivity index (χ4n) is 1.92. The Hall–Kier alpha value is -2.19. The SMILES string of the molecule is CC(NCCCc1ncn[nH]1)c1cccc(C#N)c1. The molecule has 0 aliphatic rings. The van der Waals surface area contributed by atoms with Gasteiger partial charge in [-0.3, -0.25) is 5.10 Å². The first kappa shape index (κ1) is 13.2. The van der Waals surface area contributed by atoms with Gasteiger partial charge in [-0.2, -0.15) is 10.4 Å². The molecule has 98 valence electrons. The van der Waals surface area contributed by atoms with Crippen molar-refractivity contribution in [3.8, 4) is 6.07 Å². The summed E-state index contributed by atoms with van der Waals surface area (Å²) >= 11 is 0. The second-order valence-electron chi connectivity index (χ2n) is 4.45. The molecule has 5 nitrogen and oxygen atoms in total. The quantitative estimate of drug-likeness (QED) is 0.773.